The molecule has 4 aromatic rings. The van der Waals surface area contributed by atoms with Crippen molar-refractivity contribution in [3.8, 4) is 17.2 Å². The number of rotatable bonds is 6. The molecule has 0 spiro atoms. The van der Waals surface area contributed by atoms with Crippen molar-refractivity contribution in [2.24, 2.45) is 0 Å². The molecule has 33 heavy (non-hydrogen) atoms. The highest BCUT2D eigenvalue weighted by Crippen LogP contribution is 2.41. The van der Waals surface area contributed by atoms with Gasteiger partial charge in [0.05, 0.1) is 19.7 Å². The van der Waals surface area contributed by atoms with E-state index in [1.807, 2.05) is 12.1 Å². The highest BCUT2D eigenvalue weighted by Gasteiger charge is 2.36. The van der Waals surface area contributed by atoms with Crippen molar-refractivity contribution in [3.63, 3.8) is 0 Å². The normalized spacial score (nSPS) is 11.8. The van der Waals surface area contributed by atoms with Crippen molar-refractivity contribution < 1.29 is 27.8 Å². The molecule has 8 heteroatoms. The smallest absolute Gasteiger partial charge is 0.420 e. The Kier molecular flexibility index (Phi) is 6.01. The fourth-order valence-corrected chi connectivity index (χ4v) is 4.10. The van der Waals surface area contributed by atoms with Gasteiger partial charge in [-0.15, -0.1) is 0 Å². The standard InChI is InChI=1S/C25H23F3N2O3/c1-4-5-19-17-11-23(33-3)22(32-2)10-16(17)15(13-30-19)8-14-9-18-20(29-12-14)6-7-21(31)24(18)25(26,27)28/h6-7,9-13,31H,4-5,8H2,1-3H3. The summed E-state index contributed by atoms with van der Waals surface area (Å²) in [5.74, 6) is 0.321. The molecule has 0 aliphatic heterocycles. The van der Waals surface area contributed by atoms with Gasteiger partial charge in [0, 0.05) is 35.3 Å². The molecule has 0 saturated carbocycles. The second kappa shape index (κ2) is 8.77. The van der Waals surface area contributed by atoms with E-state index in [0.717, 1.165) is 40.9 Å². The summed E-state index contributed by atoms with van der Waals surface area (Å²) < 4.78 is 51.7. The number of aryl methyl sites for hydroxylation is 1. The van der Waals surface area contributed by atoms with Crippen molar-refractivity contribution in [1.29, 1.82) is 0 Å². The fourth-order valence-electron chi connectivity index (χ4n) is 4.10. The number of fused-ring (bicyclic) bond motifs is 2. The van der Waals surface area contributed by atoms with Gasteiger partial charge in [0.15, 0.2) is 11.5 Å². The largest absolute Gasteiger partial charge is 0.507 e. The van der Waals surface area contributed by atoms with Gasteiger partial charge in [-0.25, -0.2) is 0 Å². The summed E-state index contributed by atoms with van der Waals surface area (Å²) >= 11 is 0. The number of methoxy groups -OCH3 is 2. The second-order valence-electron chi connectivity index (χ2n) is 7.78. The van der Waals surface area contributed by atoms with Crippen LogP contribution in [0.25, 0.3) is 21.7 Å². The molecular weight excluding hydrogens is 433 g/mol. The molecule has 0 radical (unpaired) electrons. The number of nitrogens with zero attached hydrogens (tertiary/aromatic N) is 2. The Bertz CT molecular complexity index is 1340. The molecule has 2 aromatic carbocycles. The second-order valence-corrected chi connectivity index (χ2v) is 7.78. The van der Waals surface area contributed by atoms with Gasteiger partial charge in [-0.05, 0) is 53.3 Å². The SMILES string of the molecule is CCCc1ncc(Cc2cnc3ccc(O)c(C(F)(F)F)c3c2)c2cc(OC)c(OC)cc12. The predicted octanol–water partition coefficient (Wildman–Crippen LogP) is 6.07. The van der Waals surface area contributed by atoms with Crippen LogP contribution in [0.15, 0.2) is 42.7 Å². The van der Waals surface area contributed by atoms with Crippen LogP contribution in [-0.4, -0.2) is 29.3 Å². The van der Waals surface area contributed by atoms with E-state index >= 15 is 0 Å². The van der Waals surface area contributed by atoms with Crippen molar-refractivity contribution in [2.45, 2.75) is 32.4 Å². The molecule has 0 atom stereocenters. The van der Waals surface area contributed by atoms with Gasteiger partial charge in [0.25, 0.3) is 0 Å². The van der Waals surface area contributed by atoms with Crippen LogP contribution >= 0.6 is 0 Å². The number of phenols is 1. The minimum Gasteiger partial charge on any atom is -0.507 e. The first kappa shape index (κ1) is 22.6. The number of aromatic nitrogens is 2. The summed E-state index contributed by atoms with van der Waals surface area (Å²) in [7, 11) is 3.12. The van der Waals surface area contributed by atoms with Gasteiger partial charge in [0.1, 0.15) is 11.3 Å². The van der Waals surface area contributed by atoms with Crippen LogP contribution < -0.4 is 9.47 Å². The zero-order valence-electron chi connectivity index (χ0n) is 18.5. The molecule has 0 aliphatic rings. The molecule has 172 valence electrons. The first-order valence-corrected chi connectivity index (χ1v) is 10.5. The number of hydrogen-bond acceptors (Lipinski definition) is 5. The van der Waals surface area contributed by atoms with Gasteiger partial charge in [-0.1, -0.05) is 13.3 Å². The Morgan fingerprint density at radius 1 is 0.909 bits per heavy atom. The quantitative estimate of drug-likeness (QED) is 0.382. The lowest BCUT2D eigenvalue weighted by molar-refractivity contribution is -0.137. The number of ether oxygens (including phenoxy) is 2. The van der Waals surface area contributed by atoms with Gasteiger partial charge in [-0.3, -0.25) is 9.97 Å². The first-order chi connectivity index (χ1) is 15.8. The number of alkyl halides is 3. The monoisotopic (exact) mass is 456 g/mol. The average Bonchev–Trinajstić information content (AvgIpc) is 2.78. The Labute approximate surface area is 188 Å². The third kappa shape index (κ3) is 4.25. The van der Waals surface area contributed by atoms with E-state index in [1.54, 1.807) is 26.6 Å². The summed E-state index contributed by atoms with van der Waals surface area (Å²) in [6.45, 7) is 2.07. The first-order valence-electron chi connectivity index (χ1n) is 10.5. The van der Waals surface area contributed by atoms with Crippen LogP contribution in [0.1, 0.15) is 35.7 Å². The highest BCUT2D eigenvalue weighted by molar-refractivity contribution is 5.91. The molecule has 0 bridgehead atoms. The molecule has 2 aromatic heterocycles. The van der Waals surface area contributed by atoms with Crippen LogP contribution in [0.2, 0.25) is 0 Å². The fraction of sp³-hybridized carbons (Fsp3) is 0.280. The van der Waals surface area contributed by atoms with Gasteiger partial charge < -0.3 is 14.6 Å². The summed E-state index contributed by atoms with van der Waals surface area (Å²) in [5.41, 5.74) is 1.39. The van der Waals surface area contributed by atoms with Gasteiger partial charge >= 0.3 is 6.18 Å². The van der Waals surface area contributed by atoms with Crippen LogP contribution in [-0.2, 0) is 19.0 Å². The molecule has 0 saturated heterocycles. The number of phenolic OH excluding ortho intramolecular Hbond substituents is 1. The highest BCUT2D eigenvalue weighted by atomic mass is 19.4. The molecule has 5 nitrogen and oxygen atoms in total. The summed E-state index contributed by atoms with van der Waals surface area (Å²) in [6, 6.07) is 7.57. The molecule has 0 unspecified atom stereocenters. The van der Waals surface area contributed by atoms with E-state index in [-0.39, 0.29) is 10.9 Å². The molecule has 0 amide bonds. The van der Waals surface area contributed by atoms with Crippen LogP contribution in [0.5, 0.6) is 17.2 Å². The number of pyridine rings is 2. The molecular formula is C25H23F3N2O3. The van der Waals surface area contributed by atoms with E-state index in [9.17, 15) is 18.3 Å². The molecule has 2 heterocycles. The van der Waals surface area contributed by atoms with E-state index in [2.05, 4.69) is 16.9 Å². The third-order valence-corrected chi connectivity index (χ3v) is 5.62. The number of hydrogen-bond donors (Lipinski definition) is 1. The van der Waals surface area contributed by atoms with Gasteiger partial charge in [-0.2, -0.15) is 13.2 Å². The molecule has 0 aliphatic carbocycles. The van der Waals surface area contributed by atoms with E-state index in [4.69, 9.17) is 9.47 Å². The summed E-state index contributed by atoms with van der Waals surface area (Å²) in [4.78, 5) is 8.82. The minimum atomic E-state index is -4.70. The van der Waals surface area contributed by atoms with E-state index in [1.165, 1.54) is 12.1 Å². The number of halogens is 3. The number of benzene rings is 2. The van der Waals surface area contributed by atoms with Crippen molar-refractivity contribution in [3.05, 3.63) is 65.1 Å². The Morgan fingerprint density at radius 3 is 2.24 bits per heavy atom. The lowest BCUT2D eigenvalue weighted by atomic mass is 9.97. The Hall–Kier alpha value is -3.55. The maximum Gasteiger partial charge on any atom is 0.420 e. The number of aromatic hydroxyl groups is 1. The topological polar surface area (TPSA) is 64.5 Å². The minimum absolute atomic E-state index is 0.140. The lowest BCUT2D eigenvalue weighted by Gasteiger charge is -2.15. The lowest BCUT2D eigenvalue weighted by Crippen LogP contribution is -2.07. The maximum atomic E-state index is 13.6. The van der Waals surface area contributed by atoms with Crippen LogP contribution in [0, 0.1) is 0 Å². The summed E-state index contributed by atoms with van der Waals surface area (Å²) in [6.07, 6.45) is 0.583. The van der Waals surface area contributed by atoms with E-state index in [0.29, 0.717) is 23.5 Å². The van der Waals surface area contributed by atoms with Crippen molar-refractivity contribution in [2.75, 3.05) is 14.2 Å². The average molecular weight is 456 g/mol. The predicted molar refractivity (Wildman–Crippen MR) is 120 cm³/mol. The maximum absolute atomic E-state index is 13.6. The Morgan fingerprint density at radius 2 is 1.61 bits per heavy atom. The molecule has 1 N–H and O–H groups in total. The van der Waals surface area contributed by atoms with Crippen LogP contribution in [0.4, 0.5) is 13.2 Å². The van der Waals surface area contributed by atoms with Crippen molar-refractivity contribution in [1.82, 2.24) is 9.97 Å². The van der Waals surface area contributed by atoms with Gasteiger partial charge in [0.2, 0.25) is 0 Å². The van der Waals surface area contributed by atoms with E-state index < -0.39 is 17.5 Å². The summed E-state index contributed by atoms with van der Waals surface area (Å²) in [5, 5.41) is 11.5. The zero-order chi connectivity index (χ0) is 23.8. The zero-order valence-corrected chi connectivity index (χ0v) is 18.5. The molecule has 0 fully saturated rings. The van der Waals surface area contributed by atoms with Crippen molar-refractivity contribution >= 4 is 21.7 Å². The third-order valence-electron chi connectivity index (χ3n) is 5.62. The Balaban J connectivity index is 1.87. The molecule has 4 rings (SSSR count). The van der Waals surface area contributed by atoms with Crippen LogP contribution in [0.3, 0.4) is 0 Å².